The summed E-state index contributed by atoms with van der Waals surface area (Å²) in [5, 5.41) is 9.25. The summed E-state index contributed by atoms with van der Waals surface area (Å²) in [6.07, 6.45) is 1.79. The zero-order chi connectivity index (χ0) is 14.4. The number of rotatable bonds is 7. The van der Waals surface area contributed by atoms with Crippen LogP contribution in [-0.2, 0) is 11.2 Å². The van der Waals surface area contributed by atoms with Gasteiger partial charge in [-0.05, 0) is 45.1 Å². The molecular weight excluding hydrogens is 325 g/mol. The maximum Gasteiger partial charge on any atom is 0.341 e. The molecule has 0 aliphatic heterocycles. The van der Waals surface area contributed by atoms with Crippen LogP contribution in [0.3, 0.4) is 0 Å². The Kier molecular flexibility index (Phi) is 8.98. The van der Waals surface area contributed by atoms with Crippen molar-refractivity contribution < 1.29 is 14.6 Å². The maximum atomic E-state index is 10.4. The molecule has 0 saturated heterocycles. The number of aryl methyl sites for hydroxylation is 1. The van der Waals surface area contributed by atoms with Gasteiger partial charge < -0.3 is 14.7 Å². The van der Waals surface area contributed by atoms with Gasteiger partial charge >= 0.3 is 5.97 Å². The standard InChI is InChI=1S/C13H17Cl2NO3.ClH/c1-16(2)7-3-4-9-5-6-10(13(15)12(9)14)19-8-11(17)18;/h5-6H,3-4,7-8H2,1-2H3,(H,17,18);1H. The zero-order valence-electron chi connectivity index (χ0n) is 11.4. The van der Waals surface area contributed by atoms with Gasteiger partial charge in [0.05, 0.1) is 5.02 Å². The lowest BCUT2D eigenvalue weighted by atomic mass is 10.1. The summed E-state index contributed by atoms with van der Waals surface area (Å²) in [6, 6.07) is 3.48. The van der Waals surface area contributed by atoms with E-state index in [0.29, 0.717) is 10.8 Å². The van der Waals surface area contributed by atoms with Gasteiger partial charge in [0.15, 0.2) is 6.61 Å². The van der Waals surface area contributed by atoms with Crippen LogP contribution >= 0.6 is 35.6 Å². The van der Waals surface area contributed by atoms with Gasteiger partial charge in [-0.1, -0.05) is 29.3 Å². The number of hydrogen-bond acceptors (Lipinski definition) is 3. The Labute approximate surface area is 135 Å². The van der Waals surface area contributed by atoms with Gasteiger partial charge in [-0.3, -0.25) is 0 Å². The van der Waals surface area contributed by atoms with Crippen LogP contribution < -0.4 is 4.74 Å². The molecule has 0 heterocycles. The van der Waals surface area contributed by atoms with Crippen molar-refractivity contribution in [2.24, 2.45) is 0 Å². The molecule has 4 nitrogen and oxygen atoms in total. The third-order valence-electron chi connectivity index (χ3n) is 2.53. The molecule has 1 aromatic rings. The number of carboxylic acid groups (broad SMARTS) is 1. The molecule has 0 aromatic heterocycles. The monoisotopic (exact) mass is 341 g/mol. The minimum Gasteiger partial charge on any atom is -0.480 e. The van der Waals surface area contributed by atoms with Crippen LogP contribution in [0.5, 0.6) is 5.75 Å². The first-order valence-corrected chi connectivity index (χ1v) is 6.63. The third-order valence-corrected chi connectivity index (χ3v) is 3.43. The van der Waals surface area contributed by atoms with E-state index >= 15 is 0 Å². The van der Waals surface area contributed by atoms with E-state index in [9.17, 15) is 4.79 Å². The fourth-order valence-corrected chi connectivity index (χ4v) is 2.09. The van der Waals surface area contributed by atoms with E-state index in [-0.39, 0.29) is 17.4 Å². The van der Waals surface area contributed by atoms with Gasteiger partial charge in [0.1, 0.15) is 10.8 Å². The summed E-state index contributed by atoms with van der Waals surface area (Å²) in [5.41, 5.74) is 0.941. The quantitative estimate of drug-likeness (QED) is 0.825. The average Bonchev–Trinajstić information content (AvgIpc) is 2.33. The molecule has 0 aliphatic rings. The molecule has 0 fully saturated rings. The highest BCUT2D eigenvalue weighted by atomic mass is 35.5. The lowest BCUT2D eigenvalue weighted by Crippen LogP contribution is -2.13. The Morgan fingerprint density at radius 1 is 1.30 bits per heavy atom. The molecule has 0 unspecified atom stereocenters. The summed E-state index contributed by atoms with van der Waals surface area (Å²) in [4.78, 5) is 12.5. The van der Waals surface area contributed by atoms with Crippen molar-refractivity contribution >= 4 is 41.6 Å². The lowest BCUT2D eigenvalue weighted by molar-refractivity contribution is -0.139. The molecule has 0 aliphatic carbocycles. The van der Waals surface area contributed by atoms with Crippen molar-refractivity contribution in [3.63, 3.8) is 0 Å². The molecule has 0 bridgehead atoms. The largest absolute Gasteiger partial charge is 0.480 e. The molecule has 1 aromatic carbocycles. The predicted molar refractivity (Wildman–Crippen MR) is 83.7 cm³/mol. The number of aliphatic carboxylic acids is 1. The van der Waals surface area contributed by atoms with E-state index in [1.54, 1.807) is 6.07 Å². The second-order valence-corrected chi connectivity index (χ2v) is 5.20. The summed E-state index contributed by atoms with van der Waals surface area (Å²) in [7, 11) is 4.02. The first-order chi connectivity index (χ1) is 8.91. The van der Waals surface area contributed by atoms with E-state index in [0.717, 1.165) is 24.9 Å². The minimum absolute atomic E-state index is 0. The molecule has 0 saturated carbocycles. The molecular formula is C13H18Cl3NO3. The topological polar surface area (TPSA) is 49.8 Å². The zero-order valence-corrected chi connectivity index (χ0v) is 13.7. The highest BCUT2D eigenvalue weighted by Gasteiger charge is 2.12. The number of hydrogen-bond donors (Lipinski definition) is 1. The van der Waals surface area contributed by atoms with Crippen LogP contribution in [0.1, 0.15) is 12.0 Å². The highest BCUT2D eigenvalue weighted by Crippen LogP contribution is 2.35. The Morgan fingerprint density at radius 2 is 1.95 bits per heavy atom. The molecule has 20 heavy (non-hydrogen) atoms. The van der Waals surface area contributed by atoms with E-state index in [1.807, 2.05) is 20.2 Å². The average molecular weight is 343 g/mol. The van der Waals surface area contributed by atoms with Crippen LogP contribution in [0.25, 0.3) is 0 Å². The van der Waals surface area contributed by atoms with Gasteiger partial charge in [0.25, 0.3) is 0 Å². The molecule has 7 heteroatoms. The normalized spacial score (nSPS) is 10.2. The Hall–Kier alpha value is -0.680. The SMILES string of the molecule is CN(C)CCCc1ccc(OCC(=O)O)c(Cl)c1Cl.Cl. The van der Waals surface area contributed by atoms with E-state index in [4.69, 9.17) is 33.0 Å². The molecule has 0 spiro atoms. The van der Waals surface area contributed by atoms with Crippen LogP contribution in [-0.4, -0.2) is 43.2 Å². The van der Waals surface area contributed by atoms with Crippen molar-refractivity contribution in [3.8, 4) is 5.75 Å². The number of carboxylic acids is 1. The second kappa shape index (κ2) is 9.29. The summed E-state index contributed by atoms with van der Waals surface area (Å²) >= 11 is 12.2. The van der Waals surface area contributed by atoms with Crippen molar-refractivity contribution in [2.75, 3.05) is 27.2 Å². The van der Waals surface area contributed by atoms with Gasteiger partial charge in [-0.2, -0.15) is 0 Å². The van der Waals surface area contributed by atoms with E-state index in [1.165, 1.54) is 0 Å². The second-order valence-electron chi connectivity index (χ2n) is 4.44. The van der Waals surface area contributed by atoms with Gasteiger partial charge in [0, 0.05) is 0 Å². The number of ether oxygens (including phenoxy) is 1. The van der Waals surface area contributed by atoms with Crippen LogP contribution in [0, 0.1) is 0 Å². The van der Waals surface area contributed by atoms with Gasteiger partial charge in [-0.15, -0.1) is 12.4 Å². The highest BCUT2D eigenvalue weighted by molar-refractivity contribution is 6.43. The smallest absolute Gasteiger partial charge is 0.341 e. The third kappa shape index (κ3) is 6.18. The summed E-state index contributed by atoms with van der Waals surface area (Å²) in [6.45, 7) is 0.529. The fourth-order valence-electron chi connectivity index (χ4n) is 1.60. The lowest BCUT2D eigenvalue weighted by Gasteiger charge is -2.12. The van der Waals surface area contributed by atoms with Crippen LogP contribution in [0.15, 0.2) is 12.1 Å². The first-order valence-electron chi connectivity index (χ1n) is 5.88. The molecule has 0 amide bonds. The molecule has 0 atom stereocenters. The fraction of sp³-hybridized carbons (Fsp3) is 0.462. The van der Waals surface area contributed by atoms with Gasteiger partial charge in [0.2, 0.25) is 0 Å². The van der Waals surface area contributed by atoms with Crippen LogP contribution in [0.2, 0.25) is 10.0 Å². The van der Waals surface area contributed by atoms with Crippen molar-refractivity contribution in [1.29, 1.82) is 0 Å². The molecule has 0 radical (unpaired) electrons. The first kappa shape index (κ1) is 19.3. The van der Waals surface area contributed by atoms with Crippen molar-refractivity contribution in [2.45, 2.75) is 12.8 Å². The maximum absolute atomic E-state index is 10.4. The summed E-state index contributed by atoms with van der Waals surface area (Å²) < 4.78 is 5.05. The minimum atomic E-state index is -1.05. The van der Waals surface area contributed by atoms with Crippen molar-refractivity contribution in [3.05, 3.63) is 27.7 Å². The number of nitrogens with zero attached hydrogens (tertiary/aromatic N) is 1. The molecule has 114 valence electrons. The summed E-state index contributed by atoms with van der Waals surface area (Å²) in [5.74, 6) is -0.757. The molecule has 1 N–H and O–H groups in total. The number of benzene rings is 1. The number of halogens is 3. The van der Waals surface area contributed by atoms with Gasteiger partial charge in [-0.25, -0.2) is 4.79 Å². The Bertz CT molecular complexity index is 453. The van der Waals surface area contributed by atoms with Crippen LogP contribution in [0.4, 0.5) is 0 Å². The van der Waals surface area contributed by atoms with E-state index < -0.39 is 12.6 Å². The molecule has 1 rings (SSSR count). The number of carbonyl (C=O) groups is 1. The van der Waals surface area contributed by atoms with Crippen molar-refractivity contribution in [1.82, 2.24) is 4.90 Å². The Morgan fingerprint density at radius 3 is 2.50 bits per heavy atom. The Balaban J connectivity index is 0.00000361. The van der Waals surface area contributed by atoms with E-state index in [2.05, 4.69) is 4.90 Å². The predicted octanol–water partition coefficient (Wildman–Crippen LogP) is 3.37.